The maximum atomic E-state index is 13.0. The number of phenolic OH excluding ortho intramolecular Hbond substituents is 1. The van der Waals surface area contributed by atoms with E-state index in [-0.39, 0.29) is 5.75 Å². The van der Waals surface area contributed by atoms with Gasteiger partial charge in [-0.3, -0.25) is 0 Å². The largest absolute Gasteiger partial charge is 0.508 e. The van der Waals surface area contributed by atoms with Crippen molar-refractivity contribution in [3.63, 3.8) is 0 Å². The van der Waals surface area contributed by atoms with E-state index in [1.807, 2.05) is 54.6 Å². The second kappa shape index (κ2) is 10.8. The maximum Gasteiger partial charge on any atom is 0.344 e. The first-order chi connectivity index (χ1) is 17.2. The van der Waals surface area contributed by atoms with Gasteiger partial charge in [0.05, 0.1) is 12.2 Å². The lowest BCUT2D eigenvalue weighted by Gasteiger charge is -2.26. The van der Waals surface area contributed by atoms with Crippen molar-refractivity contribution in [2.75, 3.05) is 26.2 Å². The lowest BCUT2D eigenvalue weighted by atomic mass is 9.93. The van der Waals surface area contributed by atoms with E-state index in [4.69, 9.17) is 9.15 Å². The van der Waals surface area contributed by atoms with E-state index in [2.05, 4.69) is 4.90 Å². The van der Waals surface area contributed by atoms with Crippen LogP contribution < -0.4 is 10.4 Å². The Balaban J connectivity index is 1.36. The Morgan fingerprint density at radius 1 is 0.829 bits per heavy atom. The average Bonchev–Trinajstić information content (AvgIpc) is 2.89. The van der Waals surface area contributed by atoms with Crippen molar-refractivity contribution in [2.45, 2.75) is 32.1 Å². The minimum atomic E-state index is -0.432. The normalized spacial score (nSPS) is 14.3. The van der Waals surface area contributed by atoms with Crippen molar-refractivity contribution in [1.29, 1.82) is 0 Å². The zero-order chi connectivity index (χ0) is 24.0. The van der Waals surface area contributed by atoms with Crippen LogP contribution in [-0.4, -0.2) is 36.2 Å². The minimum absolute atomic E-state index is 0.0584. The van der Waals surface area contributed by atoms with Crippen LogP contribution in [0.5, 0.6) is 11.5 Å². The number of unbranched alkanes of at least 4 members (excludes halogenated alkanes) is 1. The van der Waals surface area contributed by atoms with Gasteiger partial charge in [-0.25, -0.2) is 4.79 Å². The molecular weight excluding hydrogens is 438 g/mol. The summed E-state index contributed by atoms with van der Waals surface area (Å²) in [7, 11) is 0. The van der Waals surface area contributed by atoms with Crippen molar-refractivity contribution in [2.24, 2.45) is 0 Å². The van der Waals surface area contributed by atoms with Crippen LogP contribution in [0.1, 0.15) is 32.1 Å². The van der Waals surface area contributed by atoms with Crippen LogP contribution in [0.15, 0.2) is 82.0 Å². The Morgan fingerprint density at radius 3 is 2.34 bits per heavy atom. The highest BCUT2D eigenvalue weighted by molar-refractivity contribution is 6.01. The molecule has 5 nitrogen and oxygen atoms in total. The third-order valence-electron chi connectivity index (χ3n) is 6.68. The number of nitrogens with zero attached hydrogens (tertiary/aromatic N) is 1. The highest BCUT2D eigenvalue weighted by Crippen LogP contribution is 2.37. The number of rotatable bonds is 8. The van der Waals surface area contributed by atoms with Crippen LogP contribution in [0.3, 0.4) is 0 Å². The Labute approximate surface area is 205 Å². The van der Waals surface area contributed by atoms with Crippen LogP contribution >= 0.6 is 0 Å². The van der Waals surface area contributed by atoms with E-state index < -0.39 is 5.63 Å². The smallest absolute Gasteiger partial charge is 0.344 e. The second-order valence-corrected chi connectivity index (χ2v) is 9.17. The molecule has 4 aromatic rings. The van der Waals surface area contributed by atoms with E-state index in [9.17, 15) is 9.90 Å². The number of ether oxygens (including phenoxy) is 1. The molecule has 3 aromatic carbocycles. The third-order valence-corrected chi connectivity index (χ3v) is 6.68. The van der Waals surface area contributed by atoms with Gasteiger partial charge >= 0.3 is 5.63 Å². The molecule has 5 heteroatoms. The Hall–Kier alpha value is -3.57. The van der Waals surface area contributed by atoms with Crippen molar-refractivity contribution in [1.82, 2.24) is 4.90 Å². The van der Waals surface area contributed by atoms with Crippen molar-refractivity contribution < 1.29 is 14.3 Å². The van der Waals surface area contributed by atoms with Crippen LogP contribution in [-0.2, 0) is 0 Å². The minimum Gasteiger partial charge on any atom is -0.508 e. The quantitative estimate of drug-likeness (QED) is 0.236. The SMILES string of the molecule is O=c1oc2cc(O)ccc2c(-c2ccc(OCCCCN3CCCCC3)cc2)c1-c1ccccc1. The molecule has 0 bridgehead atoms. The van der Waals surface area contributed by atoms with Crippen molar-refractivity contribution >= 4 is 11.0 Å². The summed E-state index contributed by atoms with van der Waals surface area (Å²) in [4.78, 5) is 15.6. The summed E-state index contributed by atoms with van der Waals surface area (Å²) in [5.74, 6) is 0.876. The number of aromatic hydroxyl groups is 1. The summed E-state index contributed by atoms with van der Waals surface area (Å²) in [6.07, 6.45) is 6.21. The molecule has 2 heterocycles. The molecule has 1 aliphatic heterocycles. The van der Waals surface area contributed by atoms with E-state index >= 15 is 0 Å². The van der Waals surface area contributed by atoms with Crippen LogP contribution in [0.25, 0.3) is 33.2 Å². The second-order valence-electron chi connectivity index (χ2n) is 9.17. The van der Waals surface area contributed by atoms with Gasteiger partial charge in [0.25, 0.3) is 0 Å². The van der Waals surface area contributed by atoms with Crippen molar-refractivity contribution in [3.05, 3.63) is 83.2 Å². The zero-order valence-corrected chi connectivity index (χ0v) is 19.9. The van der Waals surface area contributed by atoms with E-state index in [0.717, 1.165) is 47.2 Å². The topological polar surface area (TPSA) is 62.9 Å². The molecule has 5 rings (SSSR count). The Morgan fingerprint density at radius 2 is 1.57 bits per heavy atom. The third kappa shape index (κ3) is 5.41. The molecular formula is C30H31NO4. The van der Waals surface area contributed by atoms with E-state index in [0.29, 0.717) is 17.8 Å². The van der Waals surface area contributed by atoms with Crippen molar-refractivity contribution in [3.8, 4) is 33.8 Å². The van der Waals surface area contributed by atoms with E-state index in [1.54, 1.807) is 12.1 Å². The van der Waals surface area contributed by atoms with Gasteiger partial charge in [-0.15, -0.1) is 0 Å². The number of piperidine rings is 1. The lowest BCUT2D eigenvalue weighted by Crippen LogP contribution is -2.30. The van der Waals surface area contributed by atoms with Gasteiger partial charge in [-0.05, 0) is 80.7 Å². The van der Waals surface area contributed by atoms with Gasteiger partial charge in [0.15, 0.2) is 0 Å². The molecule has 0 atom stereocenters. The molecule has 35 heavy (non-hydrogen) atoms. The summed E-state index contributed by atoms with van der Waals surface area (Å²) in [5.41, 5.74) is 2.91. The molecule has 0 unspecified atom stereocenters. The highest BCUT2D eigenvalue weighted by atomic mass is 16.5. The first kappa shape index (κ1) is 23.2. The van der Waals surface area contributed by atoms with Gasteiger partial charge in [-0.2, -0.15) is 0 Å². The molecule has 1 fully saturated rings. The van der Waals surface area contributed by atoms with Gasteiger partial charge in [0, 0.05) is 17.0 Å². The first-order valence-corrected chi connectivity index (χ1v) is 12.5. The molecule has 0 radical (unpaired) electrons. The molecule has 1 aromatic heterocycles. The molecule has 0 spiro atoms. The fourth-order valence-electron chi connectivity index (χ4n) is 4.88. The standard InChI is InChI=1S/C30H31NO4/c32-24-13-16-26-27(21-24)35-30(33)29(22-9-3-1-4-10-22)28(26)23-11-14-25(15-12-23)34-20-8-7-19-31-17-5-2-6-18-31/h1,3-4,9-16,21,32H,2,5-8,17-20H2. The Kier molecular flexibility index (Phi) is 7.15. The highest BCUT2D eigenvalue weighted by Gasteiger charge is 2.18. The number of phenols is 1. The molecule has 0 amide bonds. The predicted molar refractivity (Wildman–Crippen MR) is 140 cm³/mol. The van der Waals surface area contributed by atoms with E-state index in [1.165, 1.54) is 38.4 Å². The number of benzene rings is 3. The zero-order valence-electron chi connectivity index (χ0n) is 19.9. The monoisotopic (exact) mass is 469 g/mol. The molecule has 1 aliphatic rings. The fraction of sp³-hybridized carbons (Fsp3) is 0.300. The summed E-state index contributed by atoms with van der Waals surface area (Å²) in [6, 6.07) is 22.3. The number of hydrogen-bond donors (Lipinski definition) is 1. The van der Waals surface area contributed by atoms with Gasteiger partial charge in [-0.1, -0.05) is 48.9 Å². The number of likely N-dealkylation sites (tertiary alicyclic amines) is 1. The van der Waals surface area contributed by atoms with Gasteiger partial charge < -0.3 is 19.2 Å². The maximum absolute atomic E-state index is 13.0. The van der Waals surface area contributed by atoms with Crippen LogP contribution in [0.4, 0.5) is 0 Å². The summed E-state index contributed by atoms with van der Waals surface area (Å²) < 4.78 is 11.6. The van der Waals surface area contributed by atoms with Gasteiger partial charge in [0.2, 0.25) is 0 Å². The summed E-state index contributed by atoms with van der Waals surface area (Å²) >= 11 is 0. The van der Waals surface area contributed by atoms with Gasteiger partial charge in [0.1, 0.15) is 17.1 Å². The Bertz CT molecular complexity index is 1320. The molecule has 1 N–H and O–H groups in total. The first-order valence-electron chi connectivity index (χ1n) is 12.5. The predicted octanol–water partition coefficient (Wildman–Crippen LogP) is 6.48. The fourth-order valence-corrected chi connectivity index (χ4v) is 4.88. The summed E-state index contributed by atoms with van der Waals surface area (Å²) in [6.45, 7) is 4.32. The molecule has 0 aliphatic carbocycles. The molecule has 180 valence electrons. The van der Waals surface area contributed by atoms with Crippen LogP contribution in [0.2, 0.25) is 0 Å². The molecule has 1 saturated heterocycles. The molecule has 0 saturated carbocycles. The van der Waals surface area contributed by atoms with Crippen LogP contribution in [0, 0.1) is 0 Å². The summed E-state index contributed by atoms with van der Waals surface area (Å²) in [5, 5.41) is 10.7. The lowest BCUT2D eigenvalue weighted by molar-refractivity contribution is 0.216. The number of hydrogen-bond acceptors (Lipinski definition) is 5. The number of fused-ring (bicyclic) bond motifs is 1. The average molecular weight is 470 g/mol.